The number of rotatable bonds is 2. The van der Waals surface area contributed by atoms with Gasteiger partial charge in [0.15, 0.2) is 0 Å². The molecule has 2 heterocycles. The minimum atomic E-state index is -0.100. The Morgan fingerprint density at radius 3 is 2.46 bits per heavy atom. The second-order valence-corrected chi connectivity index (χ2v) is 9.37. The highest BCUT2D eigenvalue weighted by Crippen LogP contribution is 2.46. The van der Waals surface area contributed by atoms with Crippen LogP contribution in [0.25, 0.3) is 11.1 Å². The first-order chi connectivity index (χ1) is 12.4. The largest absolute Gasteiger partial charge is 0.497 e. The van der Waals surface area contributed by atoms with E-state index >= 15 is 0 Å². The summed E-state index contributed by atoms with van der Waals surface area (Å²) < 4.78 is 6.33. The van der Waals surface area contributed by atoms with E-state index in [1.807, 2.05) is 34.6 Å². The van der Waals surface area contributed by atoms with Crippen LogP contribution in [0.2, 0.25) is 0 Å². The average molecular weight is 383 g/mol. The summed E-state index contributed by atoms with van der Waals surface area (Å²) in [6, 6.07) is 12.4. The molecular formula is C21H22N2OS2. The van der Waals surface area contributed by atoms with Crippen LogP contribution in [0.4, 0.5) is 11.4 Å². The summed E-state index contributed by atoms with van der Waals surface area (Å²) in [6.45, 7) is 8.82. The summed E-state index contributed by atoms with van der Waals surface area (Å²) in [5.41, 5.74) is 7.18. The lowest BCUT2D eigenvalue weighted by molar-refractivity contribution is 0.415. The molecule has 1 aliphatic rings. The summed E-state index contributed by atoms with van der Waals surface area (Å²) in [6.07, 6.45) is 0. The van der Waals surface area contributed by atoms with Gasteiger partial charge in [-0.05, 0) is 63.6 Å². The Hall–Kier alpha value is -2.11. The van der Waals surface area contributed by atoms with Crippen molar-refractivity contribution >= 4 is 32.1 Å². The Kier molecular flexibility index (Phi) is 4.16. The van der Waals surface area contributed by atoms with Crippen molar-refractivity contribution in [3.63, 3.8) is 0 Å². The molecule has 2 aromatic carbocycles. The van der Waals surface area contributed by atoms with E-state index in [4.69, 9.17) is 9.73 Å². The highest BCUT2D eigenvalue weighted by molar-refractivity contribution is 7.68. The zero-order valence-corrected chi connectivity index (χ0v) is 17.3. The molecule has 26 heavy (non-hydrogen) atoms. The van der Waals surface area contributed by atoms with Gasteiger partial charge in [-0.1, -0.05) is 32.3 Å². The van der Waals surface area contributed by atoms with Crippen LogP contribution in [-0.4, -0.2) is 7.11 Å². The van der Waals surface area contributed by atoms with Crippen LogP contribution in [0.3, 0.4) is 0 Å². The Balaban J connectivity index is 1.96. The topological polar surface area (TPSA) is 33.6 Å². The summed E-state index contributed by atoms with van der Waals surface area (Å²) in [4.78, 5) is 6.31. The van der Waals surface area contributed by atoms with E-state index in [1.165, 1.54) is 32.8 Å². The van der Waals surface area contributed by atoms with Crippen LogP contribution < -0.4 is 14.7 Å². The molecule has 1 aromatic heterocycles. The molecule has 0 amide bonds. The number of nitrogens with one attached hydrogen (secondary N) is 1. The van der Waals surface area contributed by atoms with Crippen molar-refractivity contribution in [2.75, 3.05) is 12.4 Å². The number of ether oxygens (including phenoxy) is 1. The van der Waals surface area contributed by atoms with Crippen molar-refractivity contribution in [2.45, 2.75) is 33.2 Å². The molecular weight excluding hydrogens is 360 g/mol. The van der Waals surface area contributed by atoms with Gasteiger partial charge in [0.25, 0.3) is 0 Å². The first-order valence-corrected chi connectivity index (χ1v) is 10.8. The number of methoxy groups -OCH3 is 1. The molecule has 0 fully saturated rings. The standard InChI is InChI=1S/C21H22N2OS2/c1-12-10-13(2)18-16(11-12)17-19(21(3,4)23-18)25-26-20(17)22-14-6-8-15(24-5)9-7-14/h6-11,23H,1-5H3. The average Bonchev–Trinajstić information content (AvgIpc) is 3.02. The molecule has 1 N–H and O–H groups in total. The van der Waals surface area contributed by atoms with Crippen molar-refractivity contribution in [1.29, 1.82) is 0 Å². The van der Waals surface area contributed by atoms with Crippen LogP contribution in [-0.2, 0) is 5.54 Å². The van der Waals surface area contributed by atoms with Crippen molar-refractivity contribution < 1.29 is 4.74 Å². The van der Waals surface area contributed by atoms with E-state index in [9.17, 15) is 0 Å². The zero-order valence-electron chi connectivity index (χ0n) is 15.6. The number of hydrogen-bond donors (Lipinski definition) is 1. The number of aryl methyl sites for hydroxylation is 2. The van der Waals surface area contributed by atoms with Crippen LogP contribution in [0.5, 0.6) is 5.75 Å². The second-order valence-electron chi connectivity index (χ2n) is 7.24. The van der Waals surface area contributed by atoms with Crippen molar-refractivity contribution in [3.8, 4) is 16.9 Å². The van der Waals surface area contributed by atoms with Crippen LogP contribution >= 0.6 is 20.7 Å². The third kappa shape index (κ3) is 2.85. The fourth-order valence-corrected chi connectivity index (χ4v) is 6.40. The molecule has 0 spiro atoms. The molecule has 0 saturated heterocycles. The van der Waals surface area contributed by atoms with Gasteiger partial charge in [-0.15, -0.1) is 0 Å². The number of nitrogens with zero attached hydrogens (tertiary/aromatic N) is 1. The van der Waals surface area contributed by atoms with E-state index in [0.29, 0.717) is 0 Å². The minimum Gasteiger partial charge on any atom is -0.497 e. The van der Waals surface area contributed by atoms with Crippen molar-refractivity contribution in [2.24, 2.45) is 4.99 Å². The molecule has 134 valence electrons. The summed E-state index contributed by atoms with van der Waals surface area (Å²) in [5, 5.41) is 3.74. The van der Waals surface area contributed by atoms with Crippen molar-refractivity contribution in [3.05, 3.63) is 57.1 Å². The van der Waals surface area contributed by atoms with Gasteiger partial charge in [0.05, 0.1) is 23.2 Å². The number of hydrogen-bond acceptors (Lipinski definition) is 5. The maximum absolute atomic E-state index is 5.25. The third-order valence-electron chi connectivity index (χ3n) is 4.70. The Labute approximate surface area is 161 Å². The summed E-state index contributed by atoms with van der Waals surface area (Å²) in [7, 11) is 5.25. The third-order valence-corrected chi connectivity index (χ3v) is 7.34. The predicted octanol–water partition coefficient (Wildman–Crippen LogP) is 6.00. The maximum atomic E-state index is 5.25. The van der Waals surface area contributed by atoms with Gasteiger partial charge in [-0.25, -0.2) is 4.99 Å². The summed E-state index contributed by atoms with van der Waals surface area (Å²) in [5.74, 6) is 0.849. The van der Waals surface area contributed by atoms with E-state index in [-0.39, 0.29) is 5.54 Å². The molecule has 3 nitrogen and oxygen atoms in total. The van der Waals surface area contributed by atoms with Crippen molar-refractivity contribution in [1.82, 2.24) is 0 Å². The normalized spacial score (nSPS) is 15.2. The summed E-state index contributed by atoms with van der Waals surface area (Å²) >= 11 is 0. The zero-order chi connectivity index (χ0) is 18.5. The molecule has 0 radical (unpaired) electrons. The van der Waals surface area contributed by atoms with Gasteiger partial charge < -0.3 is 10.1 Å². The Morgan fingerprint density at radius 1 is 1.04 bits per heavy atom. The van der Waals surface area contributed by atoms with Gasteiger partial charge in [-0.2, -0.15) is 0 Å². The van der Waals surface area contributed by atoms with Gasteiger partial charge in [0.2, 0.25) is 0 Å². The Bertz CT molecular complexity index is 1040. The molecule has 1 aliphatic heterocycles. The molecule has 0 unspecified atom stereocenters. The van der Waals surface area contributed by atoms with Gasteiger partial charge in [-0.3, -0.25) is 0 Å². The molecule has 4 rings (SSSR count). The van der Waals surface area contributed by atoms with E-state index < -0.39 is 0 Å². The smallest absolute Gasteiger partial charge is 0.135 e. The monoisotopic (exact) mass is 382 g/mol. The fourth-order valence-electron chi connectivity index (χ4n) is 3.46. The van der Waals surface area contributed by atoms with E-state index in [2.05, 4.69) is 45.1 Å². The first kappa shape index (κ1) is 17.3. The Morgan fingerprint density at radius 2 is 1.77 bits per heavy atom. The van der Waals surface area contributed by atoms with E-state index in [0.717, 1.165) is 16.1 Å². The van der Waals surface area contributed by atoms with Crippen LogP contribution in [0, 0.1) is 13.8 Å². The molecule has 0 aliphatic carbocycles. The number of fused-ring (bicyclic) bond motifs is 3. The van der Waals surface area contributed by atoms with Crippen LogP contribution in [0.1, 0.15) is 29.9 Å². The van der Waals surface area contributed by atoms with E-state index in [1.54, 1.807) is 17.5 Å². The molecule has 0 bridgehead atoms. The molecule has 3 aromatic rings. The number of anilines is 1. The molecule has 0 atom stereocenters. The highest BCUT2D eigenvalue weighted by atomic mass is 32.9. The molecule has 0 saturated carbocycles. The van der Waals surface area contributed by atoms with Gasteiger partial charge in [0.1, 0.15) is 10.4 Å². The van der Waals surface area contributed by atoms with Gasteiger partial charge >= 0.3 is 0 Å². The minimum absolute atomic E-state index is 0.100. The predicted molar refractivity (Wildman–Crippen MR) is 112 cm³/mol. The SMILES string of the molecule is COc1ccc(N=c2ssc3c2-c2cc(C)cc(C)c2NC3(C)C)cc1. The number of benzene rings is 2. The quantitative estimate of drug-likeness (QED) is 0.552. The van der Waals surface area contributed by atoms with Crippen LogP contribution in [0.15, 0.2) is 41.4 Å². The van der Waals surface area contributed by atoms with Gasteiger partial charge in [0, 0.05) is 16.8 Å². The fraction of sp³-hybridized carbons (Fsp3) is 0.286. The highest BCUT2D eigenvalue weighted by Gasteiger charge is 2.34. The second kappa shape index (κ2) is 6.25. The lowest BCUT2D eigenvalue weighted by Crippen LogP contribution is -2.32. The maximum Gasteiger partial charge on any atom is 0.135 e. The lowest BCUT2D eigenvalue weighted by Gasteiger charge is -2.34. The molecule has 5 heteroatoms. The lowest BCUT2D eigenvalue weighted by atomic mass is 9.87. The first-order valence-electron chi connectivity index (χ1n) is 8.61.